The van der Waals surface area contributed by atoms with E-state index in [4.69, 9.17) is 9.47 Å². The number of carbonyl (C=O) groups excluding carboxylic acids is 1. The second-order valence-electron chi connectivity index (χ2n) is 7.20. The number of fused-ring (bicyclic) bond motifs is 3. The van der Waals surface area contributed by atoms with Crippen molar-refractivity contribution in [2.45, 2.75) is 5.92 Å². The maximum Gasteiger partial charge on any atom is 0.407 e. The van der Waals surface area contributed by atoms with E-state index < -0.39 is 6.09 Å². The van der Waals surface area contributed by atoms with Crippen LogP contribution >= 0.6 is 0 Å². The number of methoxy groups -OCH3 is 1. The highest BCUT2D eigenvalue weighted by Gasteiger charge is 2.28. The van der Waals surface area contributed by atoms with Gasteiger partial charge in [0.15, 0.2) is 11.5 Å². The van der Waals surface area contributed by atoms with Crippen LogP contribution in [0.15, 0.2) is 66.7 Å². The zero-order valence-electron chi connectivity index (χ0n) is 17.0. The lowest BCUT2D eigenvalue weighted by Crippen LogP contribution is -2.26. The highest BCUT2D eigenvalue weighted by Crippen LogP contribution is 2.44. The van der Waals surface area contributed by atoms with E-state index in [0.29, 0.717) is 5.56 Å². The summed E-state index contributed by atoms with van der Waals surface area (Å²) in [7, 11) is 1.40. The molecule has 0 aliphatic heterocycles. The third kappa shape index (κ3) is 4.19. The molecule has 158 valence electrons. The summed E-state index contributed by atoms with van der Waals surface area (Å²) in [5.74, 6) is -0.398. The topological polar surface area (TPSA) is 88.0 Å². The summed E-state index contributed by atoms with van der Waals surface area (Å²) >= 11 is 0. The van der Waals surface area contributed by atoms with Gasteiger partial charge >= 0.3 is 6.09 Å². The molecule has 0 fully saturated rings. The molecule has 1 amide bonds. The van der Waals surface area contributed by atoms with E-state index >= 15 is 0 Å². The Morgan fingerprint density at radius 2 is 1.68 bits per heavy atom. The molecule has 31 heavy (non-hydrogen) atoms. The van der Waals surface area contributed by atoms with Gasteiger partial charge < -0.3 is 25.0 Å². The van der Waals surface area contributed by atoms with Crippen molar-refractivity contribution < 1.29 is 24.5 Å². The standard InChI is InChI=1S/C25H23NO5/c1-30-23-14-16(13-22(27)24(23)28)7-6-12-26-25(29)31-15-21-19-10-4-2-8-17(19)18-9-3-5-11-20(18)21/h2-11,13-14,21,27-28H,12,15H2,1H3,(H,26,29). The van der Waals surface area contributed by atoms with Gasteiger partial charge in [0.05, 0.1) is 7.11 Å². The van der Waals surface area contributed by atoms with Crippen LogP contribution < -0.4 is 10.1 Å². The molecule has 0 radical (unpaired) electrons. The molecule has 0 spiro atoms. The number of hydrogen-bond acceptors (Lipinski definition) is 5. The average Bonchev–Trinajstić information content (AvgIpc) is 3.11. The number of phenols is 2. The third-order valence-corrected chi connectivity index (χ3v) is 5.32. The Bertz CT molecular complexity index is 1090. The van der Waals surface area contributed by atoms with Crippen LogP contribution in [0.1, 0.15) is 22.6 Å². The zero-order valence-corrected chi connectivity index (χ0v) is 17.0. The number of ether oxygens (including phenoxy) is 2. The SMILES string of the molecule is COc1cc(C=CCNC(=O)OCC2c3ccccc3-c3ccccc32)cc(O)c1O. The fourth-order valence-corrected chi connectivity index (χ4v) is 3.85. The first-order valence-corrected chi connectivity index (χ1v) is 9.94. The molecule has 0 unspecified atom stereocenters. The van der Waals surface area contributed by atoms with Crippen molar-refractivity contribution in [1.82, 2.24) is 5.32 Å². The summed E-state index contributed by atoms with van der Waals surface area (Å²) in [6.45, 7) is 0.507. The van der Waals surface area contributed by atoms with E-state index in [1.807, 2.05) is 24.3 Å². The van der Waals surface area contributed by atoms with Crippen molar-refractivity contribution in [3.05, 3.63) is 83.4 Å². The Morgan fingerprint density at radius 1 is 1.03 bits per heavy atom. The number of alkyl carbamates (subject to hydrolysis) is 1. The van der Waals surface area contributed by atoms with Crippen LogP contribution in [-0.4, -0.2) is 36.6 Å². The molecule has 0 saturated heterocycles. The second-order valence-corrected chi connectivity index (χ2v) is 7.20. The highest BCUT2D eigenvalue weighted by atomic mass is 16.5. The Morgan fingerprint density at radius 3 is 2.32 bits per heavy atom. The molecule has 0 saturated carbocycles. The maximum absolute atomic E-state index is 12.2. The van der Waals surface area contributed by atoms with Crippen molar-refractivity contribution in [2.75, 3.05) is 20.3 Å². The lowest BCUT2D eigenvalue weighted by atomic mass is 9.98. The molecule has 0 heterocycles. The van der Waals surface area contributed by atoms with Crippen molar-refractivity contribution >= 4 is 12.2 Å². The Balaban J connectivity index is 1.33. The molecule has 6 heteroatoms. The van der Waals surface area contributed by atoms with Crippen molar-refractivity contribution in [1.29, 1.82) is 0 Å². The van der Waals surface area contributed by atoms with Gasteiger partial charge in [-0.25, -0.2) is 4.79 Å². The van der Waals surface area contributed by atoms with Crippen LogP contribution in [0.5, 0.6) is 17.2 Å². The van der Waals surface area contributed by atoms with Crippen LogP contribution in [-0.2, 0) is 4.74 Å². The number of aromatic hydroxyl groups is 2. The quantitative estimate of drug-likeness (QED) is 0.508. The van der Waals surface area contributed by atoms with Crippen LogP contribution in [0.3, 0.4) is 0 Å². The largest absolute Gasteiger partial charge is 0.504 e. The minimum absolute atomic E-state index is 0.0149. The summed E-state index contributed by atoms with van der Waals surface area (Å²) in [5.41, 5.74) is 5.32. The minimum atomic E-state index is -0.502. The zero-order chi connectivity index (χ0) is 21.8. The van der Waals surface area contributed by atoms with Gasteiger partial charge in [0.25, 0.3) is 0 Å². The maximum atomic E-state index is 12.2. The first-order valence-electron chi connectivity index (χ1n) is 9.94. The number of amides is 1. The van der Waals surface area contributed by atoms with Crippen molar-refractivity contribution in [3.63, 3.8) is 0 Å². The second kappa shape index (κ2) is 8.83. The molecule has 0 aromatic heterocycles. The summed E-state index contributed by atoms with van der Waals surface area (Å²) in [6, 6.07) is 19.3. The van der Waals surface area contributed by atoms with E-state index in [2.05, 4.69) is 29.6 Å². The molecule has 3 aromatic rings. The highest BCUT2D eigenvalue weighted by molar-refractivity contribution is 5.79. The normalized spacial score (nSPS) is 12.4. The predicted octanol–water partition coefficient (Wildman–Crippen LogP) is 4.66. The van der Waals surface area contributed by atoms with Gasteiger partial charge in [-0.15, -0.1) is 0 Å². The van der Waals surface area contributed by atoms with Gasteiger partial charge in [0, 0.05) is 12.5 Å². The Hall–Kier alpha value is -3.93. The van der Waals surface area contributed by atoms with E-state index in [0.717, 1.165) is 11.1 Å². The Kier molecular flexibility index (Phi) is 5.80. The van der Waals surface area contributed by atoms with Gasteiger partial charge in [-0.3, -0.25) is 0 Å². The fourth-order valence-electron chi connectivity index (χ4n) is 3.85. The number of phenolic OH excluding ortho intramolecular Hbond substituents is 2. The minimum Gasteiger partial charge on any atom is -0.504 e. The number of benzene rings is 3. The van der Waals surface area contributed by atoms with Gasteiger partial charge in [0.1, 0.15) is 6.61 Å². The lowest BCUT2D eigenvalue weighted by molar-refractivity contribution is 0.144. The van der Waals surface area contributed by atoms with E-state index in [1.165, 1.54) is 24.3 Å². The van der Waals surface area contributed by atoms with Crippen LogP contribution in [0.4, 0.5) is 4.79 Å². The van der Waals surface area contributed by atoms with Crippen LogP contribution in [0.25, 0.3) is 17.2 Å². The Labute approximate surface area is 180 Å². The van der Waals surface area contributed by atoms with Gasteiger partial charge in [-0.05, 0) is 39.9 Å². The molecular weight excluding hydrogens is 394 g/mol. The monoisotopic (exact) mass is 417 g/mol. The molecular formula is C25H23NO5. The average molecular weight is 417 g/mol. The first kappa shape index (κ1) is 20.3. The molecule has 0 atom stereocenters. The van der Waals surface area contributed by atoms with E-state index in [1.54, 1.807) is 18.2 Å². The fraction of sp³-hybridized carbons (Fsp3) is 0.160. The van der Waals surface area contributed by atoms with Crippen LogP contribution in [0, 0.1) is 0 Å². The molecule has 3 N–H and O–H groups in total. The van der Waals surface area contributed by atoms with Crippen molar-refractivity contribution in [2.24, 2.45) is 0 Å². The van der Waals surface area contributed by atoms with Crippen molar-refractivity contribution in [3.8, 4) is 28.4 Å². The third-order valence-electron chi connectivity index (χ3n) is 5.32. The molecule has 0 bridgehead atoms. The number of carbonyl (C=O) groups is 1. The van der Waals surface area contributed by atoms with Crippen LogP contribution in [0.2, 0.25) is 0 Å². The summed E-state index contributed by atoms with van der Waals surface area (Å²) in [4.78, 5) is 12.2. The smallest absolute Gasteiger partial charge is 0.407 e. The van der Waals surface area contributed by atoms with Gasteiger partial charge in [-0.1, -0.05) is 60.7 Å². The number of rotatable bonds is 6. The number of nitrogens with one attached hydrogen (secondary N) is 1. The van der Waals surface area contributed by atoms with Gasteiger partial charge in [0.2, 0.25) is 5.75 Å². The number of hydrogen-bond donors (Lipinski definition) is 3. The summed E-state index contributed by atoms with van der Waals surface area (Å²) in [5, 5.41) is 22.1. The molecule has 3 aromatic carbocycles. The molecule has 4 rings (SSSR count). The van der Waals surface area contributed by atoms with Gasteiger partial charge in [-0.2, -0.15) is 0 Å². The predicted molar refractivity (Wildman–Crippen MR) is 118 cm³/mol. The first-order chi connectivity index (χ1) is 15.1. The molecule has 1 aliphatic carbocycles. The summed E-state index contributed by atoms with van der Waals surface area (Å²) < 4.78 is 10.5. The molecule has 6 nitrogen and oxygen atoms in total. The van der Waals surface area contributed by atoms with E-state index in [-0.39, 0.29) is 36.3 Å². The van der Waals surface area contributed by atoms with E-state index in [9.17, 15) is 15.0 Å². The lowest BCUT2D eigenvalue weighted by Gasteiger charge is -2.14. The molecule has 1 aliphatic rings. The summed E-state index contributed by atoms with van der Waals surface area (Å²) in [6.07, 6.45) is 2.91.